The van der Waals surface area contributed by atoms with Crippen molar-refractivity contribution < 1.29 is 0 Å². The molecule has 1 fully saturated rings. The molecule has 0 atom stereocenters. The summed E-state index contributed by atoms with van der Waals surface area (Å²) in [5, 5.41) is 0. The second-order valence-electron chi connectivity index (χ2n) is 6.13. The number of aryl methyl sites for hydroxylation is 1. The summed E-state index contributed by atoms with van der Waals surface area (Å²) in [6.45, 7) is 6.73. The summed E-state index contributed by atoms with van der Waals surface area (Å²) in [6.07, 6.45) is 1.02. The molecule has 1 heterocycles. The Morgan fingerprint density at radius 2 is 1.52 bits per heavy atom. The highest BCUT2D eigenvalue weighted by molar-refractivity contribution is 5.50. The van der Waals surface area contributed by atoms with E-state index in [1.54, 1.807) is 0 Å². The number of nitrogens with zero attached hydrogens (tertiary/aromatic N) is 2. The van der Waals surface area contributed by atoms with E-state index in [4.69, 9.17) is 0 Å². The molecule has 2 nitrogen and oxygen atoms in total. The molecule has 2 heteroatoms. The van der Waals surface area contributed by atoms with Gasteiger partial charge in [0.25, 0.3) is 0 Å². The van der Waals surface area contributed by atoms with Gasteiger partial charge in [0.1, 0.15) is 0 Å². The predicted octanol–water partition coefficient (Wildman–Crippen LogP) is 3.34. The first kappa shape index (κ1) is 14.2. The van der Waals surface area contributed by atoms with E-state index >= 15 is 0 Å². The third kappa shape index (κ3) is 3.64. The lowest BCUT2D eigenvalue weighted by Gasteiger charge is -2.34. The molecule has 0 N–H and O–H groups in total. The van der Waals surface area contributed by atoms with E-state index in [0.29, 0.717) is 0 Å². The van der Waals surface area contributed by atoms with Gasteiger partial charge >= 0.3 is 0 Å². The lowest BCUT2D eigenvalue weighted by Crippen LogP contribution is -2.44. The van der Waals surface area contributed by atoms with Crippen molar-refractivity contribution >= 4 is 5.69 Å². The first-order chi connectivity index (χ1) is 10.2. The lowest BCUT2D eigenvalue weighted by atomic mass is 10.0. The minimum absolute atomic E-state index is 1.02. The molecule has 0 amide bonds. The summed E-state index contributed by atoms with van der Waals surface area (Å²) in [4.78, 5) is 4.90. The number of likely N-dealkylation sites (N-methyl/N-ethyl adjacent to an activating group) is 1. The van der Waals surface area contributed by atoms with E-state index in [0.717, 1.165) is 32.6 Å². The average Bonchev–Trinajstić information content (AvgIpc) is 2.48. The standard InChI is InChI=1S/C19H24N2/c1-16-5-3-6-17(13-16)14-18-7-4-8-19(15-18)21-11-9-20(2)10-12-21/h3-8,13,15H,9-12,14H2,1-2H3. The van der Waals surface area contributed by atoms with Gasteiger partial charge in [-0.1, -0.05) is 42.0 Å². The Balaban J connectivity index is 1.74. The maximum absolute atomic E-state index is 2.50. The summed E-state index contributed by atoms with van der Waals surface area (Å²) in [6, 6.07) is 17.8. The van der Waals surface area contributed by atoms with E-state index in [1.807, 2.05) is 0 Å². The van der Waals surface area contributed by atoms with Crippen LogP contribution in [0.1, 0.15) is 16.7 Å². The van der Waals surface area contributed by atoms with Crippen LogP contribution in [0.15, 0.2) is 48.5 Å². The smallest absolute Gasteiger partial charge is 0.0369 e. The van der Waals surface area contributed by atoms with Crippen molar-refractivity contribution in [2.24, 2.45) is 0 Å². The summed E-state index contributed by atoms with van der Waals surface area (Å²) < 4.78 is 0. The molecule has 0 radical (unpaired) electrons. The maximum atomic E-state index is 2.50. The number of anilines is 1. The molecule has 110 valence electrons. The molecular formula is C19H24N2. The second-order valence-corrected chi connectivity index (χ2v) is 6.13. The Kier molecular flexibility index (Phi) is 4.26. The van der Waals surface area contributed by atoms with Crippen LogP contribution in [-0.2, 0) is 6.42 Å². The van der Waals surface area contributed by atoms with E-state index in [2.05, 4.69) is 72.3 Å². The summed E-state index contributed by atoms with van der Waals surface area (Å²) in [7, 11) is 2.20. The van der Waals surface area contributed by atoms with E-state index in [9.17, 15) is 0 Å². The van der Waals surface area contributed by atoms with Crippen molar-refractivity contribution in [2.45, 2.75) is 13.3 Å². The van der Waals surface area contributed by atoms with Crippen LogP contribution >= 0.6 is 0 Å². The van der Waals surface area contributed by atoms with Crippen LogP contribution in [0.3, 0.4) is 0 Å². The van der Waals surface area contributed by atoms with Crippen molar-refractivity contribution in [3.8, 4) is 0 Å². The van der Waals surface area contributed by atoms with E-state index in [1.165, 1.54) is 22.4 Å². The molecule has 1 saturated heterocycles. The van der Waals surface area contributed by atoms with Gasteiger partial charge in [-0.25, -0.2) is 0 Å². The van der Waals surface area contributed by atoms with Crippen LogP contribution in [0.5, 0.6) is 0 Å². The van der Waals surface area contributed by atoms with Crippen LogP contribution in [0.25, 0.3) is 0 Å². The molecule has 0 aliphatic carbocycles. The molecule has 0 spiro atoms. The fraction of sp³-hybridized carbons (Fsp3) is 0.368. The van der Waals surface area contributed by atoms with Crippen molar-refractivity contribution in [2.75, 3.05) is 38.1 Å². The Morgan fingerprint density at radius 3 is 2.24 bits per heavy atom. The van der Waals surface area contributed by atoms with Gasteiger partial charge in [-0.15, -0.1) is 0 Å². The molecule has 0 unspecified atom stereocenters. The van der Waals surface area contributed by atoms with Crippen molar-refractivity contribution in [3.63, 3.8) is 0 Å². The first-order valence-corrected chi connectivity index (χ1v) is 7.79. The van der Waals surface area contributed by atoms with Gasteiger partial charge in [0.2, 0.25) is 0 Å². The molecule has 0 bridgehead atoms. The monoisotopic (exact) mass is 280 g/mol. The lowest BCUT2D eigenvalue weighted by molar-refractivity contribution is 0.313. The zero-order chi connectivity index (χ0) is 14.7. The Hall–Kier alpha value is -1.80. The van der Waals surface area contributed by atoms with Gasteiger partial charge in [-0.05, 0) is 43.7 Å². The predicted molar refractivity (Wildman–Crippen MR) is 90.1 cm³/mol. The third-order valence-electron chi connectivity index (χ3n) is 4.27. The van der Waals surface area contributed by atoms with Crippen LogP contribution in [-0.4, -0.2) is 38.1 Å². The minimum atomic E-state index is 1.02. The zero-order valence-corrected chi connectivity index (χ0v) is 13.0. The molecule has 2 aromatic carbocycles. The van der Waals surface area contributed by atoms with Crippen LogP contribution in [0.4, 0.5) is 5.69 Å². The highest BCUT2D eigenvalue weighted by atomic mass is 15.2. The third-order valence-corrected chi connectivity index (χ3v) is 4.27. The molecule has 0 saturated carbocycles. The maximum Gasteiger partial charge on any atom is 0.0369 e. The normalized spacial score (nSPS) is 16.2. The molecule has 21 heavy (non-hydrogen) atoms. The average molecular weight is 280 g/mol. The van der Waals surface area contributed by atoms with E-state index in [-0.39, 0.29) is 0 Å². The van der Waals surface area contributed by atoms with E-state index < -0.39 is 0 Å². The van der Waals surface area contributed by atoms with Gasteiger partial charge < -0.3 is 9.80 Å². The number of rotatable bonds is 3. The Morgan fingerprint density at radius 1 is 0.857 bits per heavy atom. The van der Waals surface area contributed by atoms with Crippen LogP contribution < -0.4 is 4.90 Å². The number of benzene rings is 2. The summed E-state index contributed by atoms with van der Waals surface area (Å²) in [5.74, 6) is 0. The molecular weight excluding hydrogens is 256 g/mol. The topological polar surface area (TPSA) is 6.48 Å². The largest absolute Gasteiger partial charge is 0.369 e. The zero-order valence-electron chi connectivity index (χ0n) is 13.0. The molecule has 0 aromatic heterocycles. The highest BCUT2D eigenvalue weighted by Gasteiger charge is 2.14. The molecule has 2 aromatic rings. The van der Waals surface area contributed by atoms with Crippen LogP contribution in [0.2, 0.25) is 0 Å². The van der Waals surface area contributed by atoms with Gasteiger partial charge in [0.05, 0.1) is 0 Å². The fourth-order valence-electron chi connectivity index (χ4n) is 2.99. The molecule has 1 aliphatic rings. The first-order valence-electron chi connectivity index (χ1n) is 7.79. The van der Waals surface area contributed by atoms with Gasteiger partial charge in [-0.3, -0.25) is 0 Å². The Labute approximate surface area is 128 Å². The van der Waals surface area contributed by atoms with Crippen molar-refractivity contribution in [1.82, 2.24) is 4.90 Å². The van der Waals surface area contributed by atoms with Gasteiger partial charge in [0, 0.05) is 31.9 Å². The number of hydrogen-bond acceptors (Lipinski definition) is 2. The second kappa shape index (κ2) is 6.31. The quantitative estimate of drug-likeness (QED) is 0.851. The molecule has 3 rings (SSSR count). The Bertz CT molecular complexity index is 598. The number of piperazine rings is 1. The van der Waals surface area contributed by atoms with Crippen molar-refractivity contribution in [3.05, 3.63) is 65.2 Å². The number of hydrogen-bond donors (Lipinski definition) is 0. The highest BCUT2D eigenvalue weighted by Crippen LogP contribution is 2.20. The minimum Gasteiger partial charge on any atom is -0.369 e. The SMILES string of the molecule is Cc1cccc(Cc2cccc(N3CCN(C)CC3)c2)c1. The van der Waals surface area contributed by atoms with Gasteiger partial charge in [-0.2, -0.15) is 0 Å². The molecule has 1 aliphatic heterocycles. The summed E-state index contributed by atoms with van der Waals surface area (Å²) in [5.41, 5.74) is 5.50. The summed E-state index contributed by atoms with van der Waals surface area (Å²) >= 11 is 0. The fourth-order valence-corrected chi connectivity index (χ4v) is 2.99. The van der Waals surface area contributed by atoms with Gasteiger partial charge in [0.15, 0.2) is 0 Å². The van der Waals surface area contributed by atoms with Crippen LogP contribution in [0, 0.1) is 6.92 Å². The van der Waals surface area contributed by atoms with Crippen molar-refractivity contribution in [1.29, 1.82) is 0 Å².